The number of imide groups is 1. The molecule has 2 bridgehead atoms. The molecule has 0 aromatic heterocycles. The van der Waals surface area contributed by atoms with Gasteiger partial charge < -0.3 is 10.1 Å². The number of benzene rings is 1. The van der Waals surface area contributed by atoms with Gasteiger partial charge in [0.05, 0.1) is 21.9 Å². The standard InChI is InChI=1S/C20H20Cl2N2O5/c1-9(24-18(26)16-10-2-3-11(6-10)17(16)19(24)27)20(28)29-8-15(25)23-12-4-5-13(21)14(22)7-12/h4-5,7,9-11,16-17H,2-3,6,8H2,1H3,(H,23,25)/t9-,10+,11+,16-,17-/m1/s1. The Kier molecular flexibility index (Phi) is 5.29. The van der Waals surface area contributed by atoms with E-state index < -0.39 is 24.5 Å². The van der Waals surface area contributed by atoms with Crippen molar-refractivity contribution in [1.82, 2.24) is 4.90 Å². The molecule has 3 aliphatic rings. The van der Waals surface area contributed by atoms with Crippen LogP contribution in [0.25, 0.3) is 0 Å². The van der Waals surface area contributed by atoms with E-state index in [-0.39, 0.29) is 40.5 Å². The molecule has 1 N–H and O–H groups in total. The first-order valence-corrected chi connectivity index (χ1v) is 10.3. The van der Waals surface area contributed by atoms with Crippen LogP contribution in [0.1, 0.15) is 26.2 Å². The molecular weight excluding hydrogens is 419 g/mol. The van der Waals surface area contributed by atoms with E-state index in [1.807, 2.05) is 0 Å². The fraction of sp³-hybridized carbons (Fsp3) is 0.500. The van der Waals surface area contributed by atoms with E-state index in [4.69, 9.17) is 27.9 Å². The molecular formula is C20H20Cl2N2O5. The second-order valence-corrected chi connectivity index (χ2v) is 8.71. The molecule has 1 aliphatic heterocycles. The number of fused-ring (bicyclic) bond motifs is 5. The molecule has 2 aliphatic carbocycles. The molecule has 9 heteroatoms. The highest BCUT2D eigenvalue weighted by Gasteiger charge is 2.62. The largest absolute Gasteiger partial charge is 0.454 e. The van der Waals surface area contributed by atoms with Crippen molar-refractivity contribution in [3.05, 3.63) is 28.2 Å². The van der Waals surface area contributed by atoms with E-state index in [1.165, 1.54) is 19.1 Å². The van der Waals surface area contributed by atoms with Crippen molar-refractivity contribution in [3.8, 4) is 0 Å². The molecule has 1 aromatic rings. The maximum atomic E-state index is 12.8. The molecule has 1 saturated heterocycles. The van der Waals surface area contributed by atoms with Crippen LogP contribution in [0.5, 0.6) is 0 Å². The fourth-order valence-corrected chi connectivity index (χ4v) is 5.25. The first-order valence-electron chi connectivity index (χ1n) is 9.56. The van der Waals surface area contributed by atoms with E-state index in [1.54, 1.807) is 6.07 Å². The van der Waals surface area contributed by atoms with Crippen LogP contribution >= 0.6 is 23.2 Å². The number of carbonyl (C=O) groups excluding carboxylic acids is 4. The van der Waals surface area contributed by atoms with Crippen molar-refractivity contribution in [2.75, 3.05) is 11.9 Å². The Morgan fingerprint density at radius 1 is 1.14 bits per heavy atom. The summed E-state index contributed by atoms with van der Waals surface area (Å²) in [4.78, 5) is 51.0. The number of anilines is 1. The summed E-state index contributed by atoms with van der Waals surface area (Å²) < 4.78 is 5.04. The Hall–Kier alpha value is -2.12. The van der Waals surface area contributed by atoms with E-state index in [2.05, 4.69) is 5.32 Å². The van der Waals surface area contributed by atoms with Gasteiger partial charge in [0.15, 0.2) is 6.61 Å². The monoisotopic (exact) mass is 438 g/mol. The van der Waals surface area contributed by atoms with E-state index in [0.29, 0.717) is 10.7 Å². The minimum absolute atomic E-state index is 0.242. The Bertz CT molecular complexity index is 877. The van der Waals surface area contributed by atoms with Crippen LogP contribution in [0.3, 0.4) is 0 Å². The molecule has 1 aromatic carbocycles. The fourth-order valence-electron chi connectivity index (χ4n) is 4.95. The summed E-state index contributed by atoms with van der Waals surface area (Å²) in [6.07, 6.45) is 2.85. The third-order valence-electron chi connectivity index (χ3n) is 6.24. The zero-order valence-electron chi connectivity index (χ0n) is 15.7. The van der Waals surface area contributed by atoms with E-state index in [0.717, 1.165) is 24.2 Å². The third kappa shape index (κ3) is 3.51. The summed E-state index contributed by atoms with van der Waals surface area (Å²) in [5, 5.41) is 3.17. The predicted octanol–water partition coefficient (Wildman–Crippen LogP) is 2.89. The highest BCUT2D eigenvalue weighted by Crippen LogP contribution is 2.56. The normalized spacial score (nSPS) is 28.4. The Morgan fingerprint density at radius 2 is 1.76 bits per heavy atom. The van der Waals surface area contributed by atoms with Crippen molar-refractivity contribution in [3.63, 3.8) is 0 Å². The topological polar surface area (TPSA) is 92.8 Å². The van der Waals surface area contributed by atoms with Gasteiger partial charge in [-0.15, -0.1) is 0 Å². The molecule has 4 rings (SSSR count). The molecule has 7 nitrogen and oxygen atoms in total. The molecule has 154 valence electrons. The third-order valence-corrected chi connectivity index (χ3v) is 6.98. The number of nitrogens with zero attached hydrogens (tertiary/aromatic N) is 1. The van der Waals surface area contributed by atoms with Crippen LogP contribution in [-0.4, -0.2) is 41.2 Å². The van der Waals surface area contributed by atoms with Gasteiger partial charge in [0.25, 0.3) is 5.91 Å². The summed E-state index contributed by atoms with van der Waals surface area (Å²) in [6, 6.07) is 3.51. The lowest BCUT2D eigenvalue weighted by atomic mass is 9.81. The highest BCUT2D eigenvalue weighted by atomic mass is 35.5. The number of rotatable bonds is 5. The summed E-state index contributed by atoms with van der Waals surface area (Å²) in [5.74, 6) is -2.03. The van der Waals surface area contributed by atoms with Crippen LogP contribution in [0.4, 0.5) is 5.69 Å². The van der Waals surface area contributed by atoms with Crippen molar-refractivity contribution in [2.45, 2.75) is 32.2 Å². The van der Waals surface area contributed by atoms with Gasteiger partial charge in [-0.25, -0.2) is 4.79 Å². The Morgan fingerprint density at radius 3 is 2.34 bits per heavy atom. The predicted molar refractivity (Wildman–Crippen MR) is 105 cm³/mol. The van der Waals surface area contributed by atoms with Gasteiger partial charge in [-0.05, 0) is 56.2 Å². The number of esters is 1. The molecule has 0 unspecified atom stereocenters. The van der Waals surface area contributed by atoms with Gasteiger partial charge in [0.2, 0.25) is 11.8 Å². The summed E-state index contributed by atoms with van der Waals surface area (Å²) in [6.45, 7) is 0.912. The van der Waals surface area contributed by atoms with Gasteiger partial charge in [-0.1, -0.05) is 23.2 Å². The van der Waals surface area contributed by atoms with E-state index in [9.17, 15) is 19.2 Å². The zero-order valence-corrected chi connectivity index (χ0v) is 17.2. The smallest absolute Gasteiger partial charge is 0.329 e. The minimum Gasteiger partial charge on any atom is -0.454 e. The number of ether oxygens (including phenoxy) is 1. The second-order valence-electron chi connectivity index (χ2n) is 7.89. The van der Waals surface area contributed by atoms with Gasteiger partial charge in [-0.2, -0.15) is 0 Å². The highest BCUT2D eigenvalue weighted by molar-refractivity contribution is 6.42. The van der Waals surface area contributed by atoms with Gasteiger partial charge >= 0.3 is 5.97 Å². The average Bonchev–Trinajstić information content (AvgIpc) is 3.36. The summed E-state index contributed by atoms with van der Waals surface area (Å²) in [5.41, 5.74) is 0.404. The van der Waals surface area contributed by atoms with Crippen molar-refractivity contribution in [1.29, 1.82) is 0 Å². The summed E-state index contributed by atoms with van der Waals surface area (Å²) >= 11 is 11.7. The SMILES string of the molecule is C[C@H](C(=O)OCC(=O)Nc1ccc(Cl)c(Cl)c1)N1C(=O)[C@@H]2[C@H]3CC[C@@H](C3)[C@H]2C1=O. The van der Waals surface area contributed by atoms with Crippen LogP contribution in [-0.2, 0) is 23.9 Å². The Balaban J connectivity index is 1.34. The lowest BCUT2D eigenvalue weighted by molar-refractivity contribution is -0.159. The quantitative estimate of drug-likeness (QED) is 0.563. The zero-order chi connectivity index (χ0) is 20.9. The number of nitrogens with one attached hydrogen (secondary N) is 1. The summed E-state index contributed by atoms with van der Waals surface area (Å²) in [7, 11) is 0. The Labute approximate surface area is 177 Å². The maximum absolute atomic E-state index is 12.8. The molecule has 29 heavy (non-hydrogen) atoms. The van der Waals surface area contributed by atoms with Crippen molar-refractivity contribution < 1.29 is 23.9 Å². The number of carbonyl (C=O) groups is 4. The lowest BCUT2D eigenvalue weighted by Crippen LogP contribution is -2.45. The van der Waals surface area contributed by atoms with Crippen LogP contribution < -0.4 is 5.32 Å². The maximum Gasteiger partial charge on any atom is 0.329 e. The molecule has 3 fully saturated rings. The number of hydrogen-bond donors (Lipinski definition) is 1. The second kappa shape index (κ2) is 7.61. The average molecular weight is 439 g/mol. The molecule has 0 radical (unpaired) electrons. The number of likely N-dealkylation sites (tertiary alicyclic amines) is 1. The van der Waals surface area contributed by atoms with Crippen LogP contribution in [0.2, 0.25) is 10.0 Å². The van der Waals surface area contributed by atoms with Crippen LogP contribution in [0, 0.1) is 23.7 Å². The van der Waals surface area contributed by atoms with Gasteiger partial charge in [0.1, 0.15) is 6.04 Å². The first-order chi connectivity index (χ1) is 13.8. The molecule has 3 amide bonds. The molecule has 5 atom stereocenters. The molecule has 2 saturated carbocycles. The van der Waals surface area contributed by atoms with Crippen molar-refractivity contribution >= 4 is 52.6 Å². The number of hydrogen-bond acceptors (Lipinski definition) is 5. The lowest BCUT2D eigenvalue weighted by Gasteiger charge is -2.23. The van der Waals surface area contributed by atoms with E-state index >= 15 is 0 Å². The molecule has 1 heterocycles. The molecule has 0 spiro atoms. The van der Waals surface area contributed by atoms with Crippen molar-refractivity contribution in [2.24, 2.45) is 23.7 Å². The van der Waals surface area contributed by atoms with Gasteiger partial charge in [0, 0.05) is 5.69 Å². The van der Waals surface area contributed by atoms with Gasteiger partial charge in [-0.3, -0.25) is 19.3 Å². The first kappa shape index (κ1) is 20.2. The number of halogens is 2. The number of amides is 3. The minimum atomic E-state index is -1.06. The van der Waals surface area contributed by atoms with Crippen LogP contribution in [0.15, 0.2) is 18.2 Å².